The molecule has 0 saturated carbocycles. The molecule has 0 N–H and O–H groups in total. The fourth-order valence-electron chi connectivity index (χ4n) is 1.71. The van der Waals surface area contributed by atoms with Crippen LogP contribution in [0.25, 0.3) is 0 Å². The van der Waals surface area contributed by atoms with Crippen molar-refractivity contribution in [3.05, 3.63) is 71.8 Å². The fourth-order valence-corrected chi connectivity index (χ4v) is 6.01. The molecule has 0 aliphatic carbocycles. The molecule has 2 aromatic carbocycles. The molecule has 0 aliphatic rings. The molecular weight excluding hydrogens is 306 g/mol. The van der Waals surface area contributed by atoms with E-state index in [1.807, 2.05) is 36.4 Å². The van der Waals surface area contributed by atoms with Crippen LogP contribution in [0.5, 0.6) is 0 Å². The van der Waals surface area contributed by atoms with Gasteiger partial charge < -0.3 is 0 Å². The van der Waals surface area contributed by atoms with Gasteiger partial charge in [-0.15, -0.1) is 0 Å². The Morgan fingerprint density at radius 2 is 1.06 bits per heavy atom. The molecule has 2 aromatic rings. The normalized spacial score (nSPS) is 10.6. The van der Waals surface area contributed by atoms with E-state index in [0.717, 1.165) is 8.73 Å². The number of hydrogen-bond acceptors (Lipinski definition) is 1. The molecule has 0 radical (unpaired) electrons. The van der Waals surface area contributed by atoms with E-state index in [1.54, 1.807) is 0 Å². The average molecular weight is 321 g/mol. The molecule has 1 nitrogen and oxygen atoms in total. The van der Waals surface area contributed by atoms with Crippen LogP contribution in [-0.4, -0.2) is 20.2 Å². The van der Waals surface area contributed by atoms with Crippen LogP contribution < -0.4 is 0 Å². The van der Waals surface area contributed by atoms with Crippen molar-refractivity contribution < 1.29 is 3.02 Å². The summed E-state index contributed by atoms with van der Waals surface area (Å²) < 4.78 is 13.7. The van der Waals surface area contributed by atoms with Gasteiger partial charge >= 0.3 is 104 Å². The van der Waals surface area contributed by atoms with Gasteiger partial charge in [-0.3, -0.25) is 0 Å². The van der Waals surface area contributed by atoms with Crippen molar-refractivity contribution >= 4 is 20.2 Å². The van der Waals surface area contributed by atoms with Gasteiger partial charge in [-0.05, 0) is 0 Å². The molecule has 82 valence electrons. The Kier molecular flexibility index (Phi) is 4.30. The standard InChI is InChI=1S/2C7H7.O.Sb.H/c2*1-7-5-3-2-4-6-7;;;/h2*2-6H,1H2;;;. The summed E-state index contributed by atoms with van der Waals surface area (Å²) in [6, 6.07) is 20.3. The van der Waals surface area contributed by atoms with Crippen molar-refractivity contribution in [2.45, 2.75) is 8.73 Å². The van der Waals surface area contributed by atoms with Crippen molar-refractivity contribution in [2.75, 3.05) is 0 Å². The summed E-state index contributed by atoms with van der Waals surface area (Å²) in [5, 5.41) is 0. The van der Waals surface area contributed by atoms with E-state index in [-0.39, 0.29) is 0 Å². The molecule has 0 unspecified atom stereocenters. The molecule has 2 rings (SSSR count). The van der Waals surface area contributed by atoms with Gasteiger partial charge in [0.15, 0.2) is 0 Å². The van der Waals surface area contributed by atoms with Crippen LogP contribution in [0.4, 0.5) is 0 Å². The molecule has 0 heterocycles. The molecular formula is C14H15OSb. The Labute approximate surface area is 103 Å². The third kappa shape index (κ3) is 3.57. The minimum atomic E-state index is -2.47. The second-order valence-electron chi connectivity index (χ2n) is 3.86. The third-order valence-corrected chi connectivity index (χ3v) is 7.07. The summed E-state index contributed by atoms with van der Waals surface area (Å²) in [7, 11) is 0. The zero-order chi connectivity index (χ0) is 11.2. The van der Waals surface area contributed by atoms with Crippen LogP contribution in [0, 0.1) is 0 Å². The molecule has 2 heteroatoms. The first-order valence-corrected chi connectivity index (χ1v) is 10.6. The summed E-state index contributed by atoms with van der Waals surface area (Å²) in [5.74, 6) is 0. The van der Waals surface area contributed by atoms with Gasteiger partial charge in [-0.1, -0.05) is 0 Å². The molecule has 16 heavy (non-hydrogen) atoms. The Balaban J connectivity index is 1.95. The Morgan fingerprint density at radius 3 is 1.44 bits per heavy atom. The van der Waals surface area contributed by atoms with E-state index in [9.17, 15) is 3.02 Å². The summed E-state index contributed by atoms with van der Waals surface area (Å²) >= 11 is -2.47. The molecule has 0 amide bonds. The van der Waals surface area contributed by atoms with E-state index < -0.39 is 20.2 Å². The van der Waals surface area contributed by atoms with Crippen molar-refractivity contribution in [1.29, 1.82) is 0 Å². The topological polar surface area (TPSA) is 17.1 Å². The second-order valence-corrected chi connectivity index (χ2v) is 8.96. The molecule has 0 spiro atoms. The minimum absolute atomic E-state index is 0.804. The summed E-state index contributed by atoms with van der Waals surface area (Å²) in [6.45, 7) is 0. The van der Waals surface area contributed by atoms with Crippen LogP contribution in [0.3, 0.4) is 0 Å². The predicted octanol–water partition coefficient (Wildman–Crippen LogP) is 2.70. The van der Waals surface area contributed by atoms with Gasteiger partial charge in [0.1, 0.15) is 0 Å². The first-order valence-electron chi connectivity index (χ1n) is 5.44. The zero-order valence-electron chi connectivity index (χ0n) is 9.10. The fraction of sp³-hybridized carbons (Fsp3) is 0.143. The van der Waals surface area contributed by atoms with Crippen molar-refractivity contribution in [3.63, 3.8) is 0 Å². The molecule has 0 atom stereocenters. The predicted molar refractivity (Wildman–Crippen MR) is 68.1 cm³/mol. The molecule has 0 bridgehead atoms. The van der Waals surface area contributed by atoms with E-state index in [0.29, 0.717) is 0 Å². The van der Waals surface area contributed by atoms with Crippen LogP contribution in [0.2, 0.25) is 0 Å². The summed E-state index contributed by atoms with van der Waals surface area (Å²) in [4.78, 5) is 0. The summed E-state index contributed by atoms with van der Waals surface area (Å²) in [6.07, 6.45) is 0. The van der Waals surface area contributed by atoms with Crippen LogP contribution in [-0.2, 0) is 11.8 Å². The van der Waals surface area contributed by atoms with E-state index >= 15 is 0 Å². The van der Waals surface area contributed by atoms with Gasteiger partial charge in [0.25, 0.3) is 0 Å². The second kappa shape index (κ2) is 5.96. The van der Waals surface area contributed by atoms with Gasteiger partial charge in [-0.2, -0.15) is 0 Å². The van der Waals surface area contributed by atoms with Gasteiger partial charge in [-0.25, -0.2) is 0 Å². The van der Waals surface area contributed by atoms with Gasteiger partial charge in [0.05, 0.1) is 0 Å². The Morgan fingerprint density at radius 1 is 0.688 bits per heavy atom. The molecule has 0 fully saturated rings. The number of rotatable bonds is 4. The van der Waals surface area contributed by atoms with Crippen LogP contribution in [0.15, 0.2) is 60.7 Å². The monoisotopic (exact) mass is 320 g/mol. The first-order chi connectivity index (χ1) is 7.84. The van der Waals surface area contributed by atoms with Crippen LogP contribution >= 0.6 is 0 Å². The zero-order valence-corrected chi connectivity index (χ0v) is 12.0. The quantitative estimate of drug-likeness (QED) is 0.792. The van der Waals surface area contributed by atoms with E-state index in [2.05, 4.69) is 24.3 Å². The number of hydrogen-bond donors (Lipinski definition) is 0. The molecule has 0 aromatic heterocycles. The SMILES string of the molecule is [O]=[SbH]([CH2]c1ccccc1)[CH2]c1ccccc1. The van der Waals surface area contributed by atoms with Crippen LogP contribution in [0.1, 0.15) is 11.1 Å². The van der Waals surface area contributed by atoms with Gasteiger partial charge in [0, 0.05) is 0 Å². The number of benzene rings is 2. The molecule has 0 saturated heterocycles. The average Bonchev–Trinajstić information content (AvgIpc) is 2.31. The third-order valence-electron chi connectivity index (χ3n) is 2.49. The van der Waals surface area contributed by atoms with E-state index in [1.165, 1.54) is 11.1 Å². The Bertz CT molecular complexity index is 407. The van der Waals surface area contributed by atoms with Crippen molar-refractivity contribution in [2.24, 2.45) is 0 Å². The summed E-state index contributed by atoms with van der Waals surface area (Å²) in [5.41, 5.74) is 2.42. The Hall–Kier alpha value is -0.942. The first kappa shape index (κ1) is 11.5. The maximum absolute atomic E-state index is 12.1. The maximum atomic E-state index is 12.1. The molecule has 0 aliphatic heterocycles. The van der Waals surface area contributed by atoms with Gasteiger partial charge in [0.2, 0.25) is 0 Å². The van der Waals surface area contributed by atoms with Crippen molar-refractivity contribution in [3.8, 4) is 0 Å². The van der Waals surface area contributed by atoms with E-state index in [4.69, 9.17) is 0 Å². The van der Waals surface area contributed by atoms with Crippen molar-refractivity contribution in [1.82, 2.24) is 0 Å².